The summed E-state index contributed by atoms with van der Waals surface area (Å²) >= 11 is 0. The van der Waals surface area contributed by atoms with Crippen LogP contribution in [0.4, 0.5) is 0 Å². The number of nitrogens with one attached hydrogen (secondary N) is 2. The number of H-pyrrole nitrogens is 1. The molecule has 2 N–H and O–H groups in total. The lowest BCUT2D eigenvalue weighted by Gasteiger charge is -2.28. The highest BCUT2D eigenvalue weighted by molar-refractivity contribution is 7.90. The van der Waals surface area contributed by atoms with Crippen LogP contribution in [-0.2, 0) is 9.84 Å². The van der Waals surface area contributed by atoms with Crippen molar-refractivity contribution in [3.05, 3.63) is 47.8 Å². The van der Waals surface area contributed by atoms with Crippen molar-refractivity contribution in [2.45, 2.75) is 42.5 Å². The molecule has 4 rings (SSSR count). The molecule has 32 heavy (non-hydrogen) atoms. The van der Waals surface area contributed by atoms with Gasteiger partial charge in [0.25, 0.3) is 5.91 Å². The molecule has 1 aliphatic rings. The summed E-state index contributed by atoms with van der Waals surface area (Å²) in [5, 5.41) is 3.13. The second-order valence-electron chi connectivity index (χ2n) is 8.21. The van der Waals surface area contributed by atoms with Gasteiger partial charge < -0.3 is 19.8 Å². The zero-order valence-corrected chi connectivity index (χ0v) is 19.2. The molecule has 1 amide bonds. The maximum absolute atomic E-state index is 12.9. The zero-order valence-electron chi connectivity index (χ0n) is 18.3. The Bertz CT molecular complexity index is 1230. The molecule has 9 heteroatoms. The summed E-state index contributed by atoms with van der Waals surface area (Å²) in [6, 6.07) is 10.0. The minimum Gasteiger partial charge on any atom is -0.497 e. The second-order valence-corrected chi connectivity index (χ2v) is 10.2. The third kappa shape index (κ3) is 4.72. The van der Waals surface area contributed by atoms with Crippen LogP contribution in [0.1, 0.15) is 47.8 Å². The van der Waals surface area contributed by atoms with Crippen LogP contribution in [0.2, 0.25) is 0 Å². The Balaban J connectivity index is 1.49. The summed E-state index contributed by atoms with van der Waals surface area (Å²) in [7, 11) is -0.182. The van der Waals surface area contributed by atoms with Crippen molar-refractivity contribution < 1.29 is 22.7 Å². The molecule has 0 aliphatic heterocycles. The number of carbonyl (C=O) groups excluding carboxylic acids is 1. The normalized spacial score (nSPS) is 19.0. The number of fused-ring (bicyclic) bond motifs is 1. The van der Waals surface area contributed by atoms with Gasteiger partial charge in [-0.1, -0.05) is 6.42 Å². The smallest absolute Gasteiger partial charge is 0.251 e. The first-order valence-corrected chi connectivity index (χ1v) is 12.4. The lowest BCUT2D eigenvalue weighted by Crippen LogP contribution is -2.38. The van der Waals surface area contributed by atoms with Crippen LogP contribution in [0.5, 0.6) is 11.5 Å². The largest absolute Gasteiger partial charge is 0.497 e. The quantitative estimate of drug-likeness (QED) is 0.587. The van der Waals surface area contributed by atoms with E-state index in [1.54, 1.807) is 50.6 Å². The van der Waals surface area contributed by atoms with Gasteiger partial charge in [-0.25, -0.2) is 13.4 Å². The number of nitrogens with zero attached hydrogens (tertiary/aromatic N) is 1. The van der Waals surface area contributed by atoms with Crippen molar-refractivity contribution in [3.8, 4) is 11.5 Å². The Hall–Kier alpha value is -3.07. The number of carbonyl (C=O) groups is 1. The topological polar surface area (TPSA) is 110 Å². The summed E-state index contributed by atoms with van der Waals surface area (Å²) in [6.45, 7) is 0. The van der Waals surface area contributed by atoms with E-state index in [0.717, 1.165) is 37.0 Å². The molecule has 2 atom stereocenters. The van der Waals surface area contributed by atoms with Crippen molar-refractivity contribution in [2.75, 3.05) is 20.5 Å². The number of hydrogen-bond acceptors (Lipinski definition) is 6. The van der Waals surface area contributed by atoms with E-state index in [-0.39, 0.29) is 22.8 Å². The number of aromatic nitrogens is 2. The molecular formula is C23H27N3O5S. The number of amides is 1. The Morgan fingerprint density at radius 3 is 2.47 bits per heavy atom. The molecule has 0 saturated heterocycles. The Morgan fingerprint density at radius 2 is 1.81 bits per heavy atom. The van der Waals surface area contributed by atoms with E-state index >= 15 is 0 Å². The van der Waals surface area contributed by atoms with E-state index in [1.165, 1.54) is 6.26 Å². The predicted molar refractivity (Wildman–Crippen MR) is 121 cm³/mol. The molecule has 2 unspecified atom stereocenters. The number of hydrogen-bond donors (Lipinski definition) is 2. The first-order valence-electron chi connectivity index (χ1n) is 10.5. The van der Waals surface area contributed by atoms with Gasteiger partial charge in [0.1, 0.15) is 17.3 Å². The maximum Gasteiger partial charge on any atom is 0.251 e. The van der Waals surface area contributed by atoms with Crippen LogP contribution < -0.4 is 14.8 Å². The lowest BCUT2D eigenvalue weighted by atomic mass is 9.85. The van der Waals surface area contributed by atoms with Crippen LogP contribution >= 0.6 is 0 Å². The fourth-order valence-electron chi connectivity index (χ4n) is 4.21. The van der Waals surface area contributed by atoms with Gasteiger partial charge in [0, 0.05) is 29.8 Å². The van der Waals surface area contributed by atoms with Crippen LogP contribution in [0.15, 0.2) is 41.3 Å². The summed E-state index contributed by atoms with van der Waals surface area (Å²) in [4.78, 5) is 21.1. The highest BCUT2D eigenvalue weighted by atomic mass is 32.2. The summed E-state index contributed by atoms with van der Waals surface area (Å²) in [5.74, 6) is 1.93. The number of ether oxygens (including phenoxy) is 2. The van der Waals surface area contributed by atoms with Gasteiger partial charge >= 0.3 is 0 Å². The number of rotatable bonds is 6. The summed E-state index contributed by atoms with van der Waals surface area (Å²) in [5.41, 5.74) is 1.93. The van der Waals surface area contributed by atoms with Gasteiger partial charge in [-0.15, -0.1) is 0 Å². The Labute approximate surface area is 187 Å². The van der Waals surface area contributed by atoms with Crippen LogP contribution in [0, 0.1) is 0 Å². The summed E-state index contributed by atoms with van der Waals surface area (Å²) < 4.78 is 34.2. The molecule has 1 heterocycles. The molecule has 3 aromatic rings. The van der Waals surface area contributed by atoms with E-state index in [2.05, 4.69) is 15.3 Å². The van der Waals surface area contributed by atoms with Gasteiger partial charge in [0.15, 0.2) is 9.84 Å². The van der Waals surface area contributed by atoms with E-state index in [1.807, 2.05) is 0 Å². The van der Waals surface area contributed by atoms with Crippen LogP contribution in [0.3, 0.4) is 0 Å². The fourth-order valence-corrected chi connectivity index (χ4v) is 4.86. The van der Waals surface area contributed by atoms with Crippen molar-refractivity contribution in [1.82, 2.24) is 15.3 Å². The number of sulfone groups is 1. The van der Waals surface area contributed by atoms with Crippen LogP contribution in [-0.4, -0.2) is 50.8 Å². The Kier molecular flexibility index (Phi) is 6.10. The molecule has 1 fully saturated rings. The molecule has 0 spiro atoms. The first kappa shape index (κ1) is 22.1. The standard InChI is InChI=1S/C23H27N3O5S/c1-30-17-10-15(11-18(12-17)31-2)23(27)24-16-6-4-5-14(9-16)22-25-20-8-7-19(32(3,28)29)13-21(20)26-22/h7-8,10-14,16H,4-6,9H2,1-3H3,(H,24,27)(H,25,26). The minimum absolute atomic E-state index is 0.0123. The molecule has 0 bridgehead atoms. The summed E-state index contributed by atoms with van der Waals surface area (Å²) in [6.07, 6.45) is 4.76. The van der Waals surface area contributed by atoms with E-state index in [9.17, 15) is 13.2 Å². The lowest BCUT2D eigenvalue weighted by molar-refractivity contribution is 0.0924. The number of imidazole rings is 1. The molecule has 8 nitrogen and oxygen atoms in total. The Morgan fingerprint density at radius 1 is 1.09 bits per heavy atom. The monoisotopic (exact) mass is 457 g/mol. The molecule has 0 radical (unpaired) electrons. The van der Waals surface area contributed by atoms with Crippen molar-refractivity contribution in [2.24, 2.45) is 0 Å². The van der Waals surface area contributed by atoms with Gasteiger partial charge in [0.2, 0.25) is 0 Å². The molecule has 1 aromatic heterocycles. The van der Waals surface area contributed by atoms with E-state index in [0.29, 0.717) is 22.6 Å². The maximum atomic E-state index is 12.9. The van der Waals surface area contributed by atoms with Gasteiger partial charge in [0.05, 0.1) is 30.1 Å². The van der Waals surface area contributed by atoms with Gasteiger partial charge in [-0.3, -0.25) is 4.79 Å². The van der Waals surface area contributed by atoms with Gasteiger partial charge in [-0.05, 0) is 49.6 Å². The highest BCUT2D eigenvalue weighted by Gasteiger charge is 2.27. The van der Waals surface area contributed by atoms with Crippen molar-refractivity contribution >= 4 is 26.8 Å². The van der Waals surface area contributed by atoms with Crippen molar-refractivity contribution in [3.63, 3.8) is 0 Å². The molecule has 170 valence electrons. The highest BCUT2D eigenvalue weighted by Crippen LogP contribution is 2.33. The minimum atomic E-state index is -3.28. The third-order valence-corrected chi connectivity index (χ3v) is 7.02. The van der Waals surface area contributed by atoms with Crippen molar-refractivity contribution in [1.29, 1.82) is 0 Å². The molecule has 1 aliphatic carbocycles. The number of benzene rings is 2. The predicted octanol–water partition coefficient (Wildman–Crippen LogP) is 3.44. The average Bonchev–Trinajstić information content (AvgIpc) is 3.22. The second kappa shape index (κ2) is 8.82. The third-order valence-electron chi connectivity index (χ3n) is 5.91. The molecular weight excluding hydrogens is 430 g/mol. The fraction of sp³-hybridized carbons (Fsp3) is 0.391. The van der Waals surface area contributed by atoms with E-state index < -0.39 is 9.84 Å². The average molecular weight is 458 g/mol. The van der Waals surface area contributed by atoms with E-state index in [4.69, 9.17) is 9.47 Å². The molecule has 1 saturated carbocycles. The van der Waals surface area contributed by atoms with Gasteiger partial charge in [-0.2, -0.15) is 0 Å². The number of methoxy groups -OCH3 is 2. The van der Waals surface area contributed by atoms with Crippen LogP contribution in [0.25, 0.3) is 11.0 Å². The number of aromatic amines is 1. The first-order chi connectivity index (χ1) is 15.3. The SMILES string of the molecule is COc1cc(OC)cc(C(=O)NC2CCCC(c3nc4ccc(S(C)(=O)=O)cc4[nH]3)C2)c1. The molecule has 2 aromatic carbocycles. The zero-order chi connectivity index (χ0) is 22.9.